The summed E-state index contributed by atoms with van der Waals surface area (Å²) >= 11 is 0. The smallest absolute Gasteiger partial charge is 0.143 e. The van der Waals surface area contributed by atoms with Gasteiger partial charge in [0.2, 0.25) is 0 Å². The number of carbonyl (C=O) groups excluding carboxylic acids is 1. The summed E-state index contributed by atoms with van der Waals surface area (Å²) < 4.78 is 6.94. The number of fused-ring (bicyclic) bond motifs is 1. The number of benzene rings is 1. The summed E-state index contributed by atoms with van der Waals surface area (Å²) in [6, 6.07) is 8.34. The van der Waals surface area contributed by atoms with E-state index in [1.54, 1.807) is 11.8 Å². The van der Waals surface area contributed by atoms with E-state index in [0.717, 1.165) is 53.6 Å². The highest BCUT2D eigenvalue weighted by Crippen LogP contribution is 2.25. The summed E-state index contributed by atoms with van der Waals surface area (Å²) in [6.45, 7) is 3.42. The molecule has 0 amide bonds. The molecule has 1 unspecified atom stereocenters. The van der Waals surface area contributed by atoms with Crippen molar-refractivity contribution in [2.45, 2.75) is 12.8 Å². The molecule has 1 aromatic carbocycles. The summed E-state index contributed by atoms with van der Waals surface area (Å²) in [4.78, 5) is 19.6. The molecule has 6 nitrogen and oxygen atoms in total. The molecule has 2 aromatic heterocycles. The maximum atomic E-state index is 12.8. The van der Waals surface area contributed by atoms with Crippen molar-refractivity contribution in [3.63, 3.8) is 0 Å². The zero-order valence-electron chi connectivity index (χ0n) is 16.5. The largest absolute Gasteiger partial charge is 0.383 e. The van der Waals surface area contributed by atoms with E-state index in [1.165, 1.54) is 0 Å². The van der Waals surface area contributed by atoms with Crippen LogP contribution in [-0.2, 0) is 23.0 Å². The number of aryl methyl sites for hydroxylation is 1. The Kier molecular flexibility index (Phi) is 5.50. The van der Waals surface area contributed by atoms with E-state index >= 15 is 0 Å². The molecular formula is C22H26N4O2. The lowest BCUT2D eigenvalue weighted by Gasteiger charge is -2.14. The van der Waals surface area contributed by atoms with E-state index in [0.29, 0.717) is 13.0 Å². The van der Waals surface area contributed by atoms with Crippen LogP contribution in [0.25, 0.3) is 21.9 Å². The monoisotopic (exact) mass is 378 g/mol. The molecule has 3 aromatic rings. The van der Waals surface area contributed by atoms with Gasteiger partial charge in [0.05, 0.1) is 12.8 Å². The summed E-state index contributed by atoms with van der Waals surface area (Å²) in [5, 5.41) is 6.43. The first-order chi connectivity index (χ1) is 13.6. The Morgan fingerprint density at radius 1 is 1.21 bits per heavy atom. The average Bonchev–Trinajstić information content (AvgIpc) is 3.35. The molecule has 1 atom stereocenters. The number of ether oxygens (including phenoxy) is 1. The molecule has 1 aliphatic rings. The maximum Gasteiger partial charge on any atom is 0.143 e. The topological polar surface area (TPSA) is 60.2 Å². The Bertz CT molecular complexity index is 982. The molecule has 0 saturated carbocycles. The first-order valence-electron chi connectivity index (χ1n) is 9.74. The number of Topliss-reactive ketones (excluding diaryl/α,β-unsaturated/α-hetero) is 1. The van der Waals surface area contributed by atoms with Crippen molar-refractivity contribution < 1.29 is 9.53 Å². The van der Waals surface area contributed by atoms with Crippen LogP contribution in [-0.4, -0.2) is 58.8 Å². The summed E-state index contributed by atoms with van der Waals surface area (Å²) in [6.07, 6.45) is 7.06. The second-order valence-electron chi connectivity index (χ2n) is 7.56. The van der Waals surface area contributed by atoms with Gasteiger partial charge in [0, 0.05) is 68.6 Å². The molecule has 0 bridgehead atoms. The lowest BCUT2D eigenvalue weighted by molar-refractivity contribution is -0.121. The van der Waals surface area contributed by atoms with E-state index in [9.17, 15) is 4.79 Å². The molecule has 3 heterocycles. The van der Waals surface area contributed by atoms with Gasteiger partial charge in [-0.3, -0.25) is 14.5 Å². The van der Waals surface area contributed by atoms with Crippen LogP contribution in [0.1, 0.15) is 12.1 Å². The Hall–Kier alpha value is -2.57. The zero-order valence-corrected chi connectivity index (χ0v) is 16.5. The quantitative estimate of drug-likeness (QED) is 0.633. The van der Waals surface area contributed by atoms with E-state index in [-0.39, 0.29) is 11.7 Å². The second kappa shape index (κ2) is 8.20. The summed E-state index contributed by atoms with van der Waals surface area (Å²) in [5.41, 5.74) is 3.05. The molecule has 1 saturated heterocycles. The number of hydrogen-bond donors (Lipinski definition) is 0. The van der Waals surface area contributed by atoms with Crippen LogP contribution in [0, 0.1) is 5.92 Å². The van der Waals surface area contributed by atoms with Gasteiger partial charge in [-0.1, -0.05) is 12.1 Å². The van der Waals surface area contributed by atoms with Crippen molar-refractivity contribution in [2.24, 2.45) is 13.0 Å². The highest BCUT2D eigenvalue weighted by atomic mass is 16.5. The minimum absolute atomic E-state index is 0.107. The number of likely N-dealkylation sites (tertiary alicyclic amines) is 1. The van der Waals surface area contributed by atoms with Crippen LogP contribution in [0.3, 0.4) is 0 Å². The lowest BCUT2D eigenvalue weighted by Crippen LogP contribution is -2.27. The van der Waals surface area contributed by atoms with Gasteiger partial charge in [0.15, 0.2) is 0 Å². The molecule has 0 spiro atoms. The Morgan fingerprint density at radius 2 is 2.11 bits per heavy atom. The number of nitrogens with zero attached hydrogens (tertiary/aromatic N) is 4. The maximum absolute atomic E-state index is 12.8. The van der Waals surface area contributed by atoms with Crippen LogP contribution >= 0.6 is 0 Å². The van der Waals surface area contributed by atoms with Gasteiger partial charge in [-0.05, 0) is 36.0 Å². The third kappa shape index (κ3) is 4.13. The first-order valence-corrected chi connectivity index (χ1v) is 9.74. The molecule has 0 N–H and O–H groups in total. The number of ketones is 1. The van der Waals surface area contributed by atoms with Crippen molar-refractivity contribution in [3.8, 4) is 11.1 Å². The van der Waals surface area contributed by atoms with Gasteiger partial charge in [0.1, 0.15) is 5.78 Å². The molecule has 146 valence electrons. The molecule has 4 rings (SSSR count). The first kappa shape index (κ1) is 18.8. The van der Waals surface area contributed by atoms with Crippen molar-refractivity contribution >= 4 is 16.6 Å². The van der Waals surface area contributed by atoms with Gasteiger partial charge in [-0.2, -0.15) is 5.10 Å². The third-order valence-corrected chi connectivity index (χ3v) is 5.51. The van der Waals surface area contributed by atoms with Crippen LogP contribution < -0.4 is 0 Å². The number of hydrogen-bond acceptors (Lipinski definition) is 5. The molecule has 1 aliphatic heterocycles. The third-order valence-electron chi connectivity index (χ3n) is 5.51. The minimum atomic E-state index is 0.107. The fourth-order valence-electron chi connectivity index (χ4n) is 3.87. The van der Waals surface area contributed by atoms with Crippen LogP contribution in [0.4, 0.5) is 0 Å². The van der Waals surface area contributed by atoms with E-state index in [4.69, 9.17) is 4.74 Å². The van der Waals surface area contributed by atoms with Crippen molar-refractivity contribution in [1.29, 1.82) is 0 Å². The number of rotatable bonds is 7. The van der Waals surface area contributed by atoms with Crippen LogP contribution in [0.5, 0.6) is 0 Å². The predicted molar refractivity (Wildman–Crippen MR) is 109 cm³/mol. The average molecular weight is 378 g/mol. The zero-order chi connectivity index (χ0) is 19.5. The van der Waals surface area contributed by atoms with Crippen molar-refractivity contribution in [3.05, 3.63) is 48.5 Å². The predicted octanol–water partition coefficient (Wildman–Crippen LogP) is 2.72. The highest BCUT2D eigenvalue weighted by molar-refractivity contribution is 5.88. The molecule has 1 fully saturated rings. The summed E-state index contributed by atoms with van der Waals surface area (Å²) in [5.74, 6) is 0.395. The standard InChI is InChI=1S/C22H26N4O2/c1-25-14-20(13-24-25)16-3-4-17-12-23-21(10-19(17)9-16)11-22(27)18-5-6-26(15-18)7-8-28-2/h3-4,9-10,12-14,18H,5-8,11,15H2,1-2H3. The van der Waals surface area contributed by atoms with E-state index in [1.807, 2.05) is 31.7 Å². The fraction of sp³-hybridized carbons (Fsp3) is 0.409. The van der Waals surface area contributed by atoms with Gasteiger partial charge in [-0.15, -0.1) is 0 Å². The van der Waals surface area contributed by atoms with E-state index < -0.39 is 0 Å². The Morgan fingerprint density at radius 3 is 2.89 bits per heavy atom. The number of carbonyl (C=O) groups is 1. The Labute approximate surface area is 165 Å². The molecule has 0 aliphatic carbocycles. The highest BCUT2D eigenvalue weighted by Gasteiger charge is 2.27. The molecule has 6 heteroatoms. The molecule has 28 heavy (non-hydrogen) atoms. The lowest BCUT2D eigenvalue weighted by atomic mass is 9.98. The normalized spacial score (nSPS) is 17.4. The molecule has 0 radical (unpaired) electrons. The minimum Gasteiger partial charge on any atom is -0.383 e. The number of pyridine rings is 1. The van der Waals surface area contributed by atoms with Gasteiger partial charge >= 0.3 is 0 Å². The van der Waals surface area contributed by atoms with Crippen LogP contribution in [0.2, 0.25) is 0 Å². The number of aromatic nitrogens is 3. The summed E-state index contributed by atoms with van der Waals surface area (Å²) in [7, 11) is 3.63. The number of methoxy groups -OCH3 is 1. The fourth-order valence-corrected chi connectivity index (χ4v) is 3.87. The van der Waals surface area contributed by atoms with E-state index in [2.05, 4.69) is 33.2 Å². The molecular weight excluding hydrogens is 352 g/mol. The van der Waals surface area contributed by atoms with Crippen LogP contribution in [0.15, 0.2) is 42.9 Å². The van der Waals surface area contributed by atoms with Gasteiger partial charge in [-0.25, -0.2) is 0 Å². The second-order valence-corrected chi connectivity index (χ2v) is 7.56. The SMILES string of the molecule is COCCN1CCC(C(=O)Cc2cc3cc(-c4cnn(C)c4)ccc3cn2)C1. The van der Waals surface area contributed by atoms with Crippen molar-refractivity contribution in [1.82, 2.24) is 19.7 Å². The Balaban J connectivity index is 1.47. The van der Waals surface area contributed by atoms with Crippen molar-refractivity contribution in [2.75, 3.05) is 33.4 Å². The van der Waals surface area contributed by atoms with Gasteiger partial charge in [0.25, 0.3) is 0 Å². The van der Waals surface area contributed by atoms with Gasteiger partial charge < -0.3 is 9.64 Å².